The number of hydrogen-bond acceptors (Lipinski definition) is 5. The van der Waals surface area contributed by atoms with Gasteiger partial charge in [-0.1, -0.05) is 66.7 Å². The Labute approximate surface area is 229 Å². The Morgan fingerprint density at radius 2 is 1.12 bits per heavy atom. The number of pyridine rings is 3. The van der Waals surface area contributed by atoms with Crippen LogP contribution in [-0.2, 0) is 0 Å². The van der Waals surface area contributed by atoms with Crippen molar-refractivity contribution in [2.45, 2.75) is 0 Å². The van der Waals surface area contributed by atoms with E-state index in [9.17, 15) is 0 Å². The molecule has 40 heavy (non-hydrogen) atoms. The minimum absolute atomic E-state index is 0.872. The zero-order chi connectivity index (χ0) is 26.5. The van der Waals surface area contributed by atoms with Crippen molar-refractivity contribution in [2.24, 2.45) is 0 Å². The lowest BCUT2D eigenvalue weighted by molar-refractivity contribution is 1.08. The van der Waals surface area contributed by atoms with E-state index in [1.807, 2.05) is 36.8 Å². The summed E-state index contributed by atoms with van der Waals surface area (Å²) >= 11 is 0. The van der Waals surface area contributed by atoms with Gasteiger partial charge >= 0.3 is 0 Å². The smallest absolute Gasteiger partial charge is 0.0964 e. The maximum atomic E-state index is 4.90. The maximum Gasteiger partial charge on any atom is 0.0964 e. The highest BCUT2D eigenvalue weighted by atomic mass is 15.1. The maximum absolute atomic E-state index is 4.90. The summed E-state index contributed by atoms with van der Waals surface area (Å²) in [5.41, 5.74) is 10.2. The minimum Gasteiger partial charge on any atom is -0.256 e. The Balaban J connectivity index is 1.37. The van der Waals surface area contributed by atoms with Crippen LogP contribution in [0.3, 0.4) is 0 Å². The van der Waals surface area contributed by atoms with Crippen molar-refractivity contribution in [3.05, 3.63) is 128 Å². The van der Waals surface area contributed by atoms with Gasteiger partial charge in [-0.05, 0) is 58.7 Å². The summed E-state index contributed by atoms with van der Waals surface area (Å²) in [7, 11) is 0. The molecule has 0 bridgehead atoms. The molecule has 0 aliphatic heterocycles. The van der Waals surface area contributed by atoms with Crippen molar-refractivity contribution < 1.29 is 0 Å². The fraction of sp³-hybridized carbons (Fsp3) is 0. The van der Waals surface area contributed by atoms with E-state index in [0.29, 0.717) is 0 Å². The monoisotopic (exact) mass is 511 g/mol. The zero-order valence-corrected chi connectivity index (χ0v) is 21.4. The highest BCUT2D eigenvalue weighted by Gasteiger charge is 2.15. The fourth-order valence-corrected chi connectivity index (χ4v) is 5.56. The van der Waals surface area contributed by atoms with Gasteiger partial charge in [-0.25, -0.2) is 0 Å². The van der Waals surface area contributed by atoms with E-state index >= 15 is 0 Å². The highest BCUT2D eigenvalue weighted by molar-refractivity contribution is 6.05. The van der Waals surface area contributed by atoms with Crippen LogP contribution in [0.4, 0.5) is 0 Å². The molecule has 5 heteroatoms. The largest absolute Gasteiger partial charge is 0.256 e. The third-order valence-corrected chi connectivity index (χ3v) is 7.53. The van der Waals surface area contributed by atoms with Crippen LogP contribution in [0, 0.1) is 0 Å². The van der Waals surface area contributed by atoms with Gasteiger partial charge in [-0.2, -0.15) is 10.2 Å². The van der Waals surface area contributed by atoms with Gasteiger partial charge in [0.25, 0.3) is 0 Å². The average Bonchev–Trinajstić information content (AvgIpc) is 3.03. The summed E-state index contributed by atoms with van der Waals surface area (Å²) in [4.78, 5) is 14.3. The number of hydrogen-bond donors (Lipinski definition) is 0. The Bertz CT molecular complexity index is 2230. The van der Waals surface area contributed by atoms with Crippen molar-refractivity contribution in [2.75, 3.05) is 0 Å². The topological polar surface area (TPSA) is 64.5 Å². The summed E-state index contributed by atoms with van der Waals surface area (Å²) in [5, 5.41) is 12.7. The first-order valence-electron chi connectivity index (χ1n) is 13.2. The van der Waals surface area contributed by atoms with Crippen LogP contribution in [-0.4, -0.2) is 25.1 Å². The lowest BCUT2D eigenvalue weighted by Gasteiger charge is -2.15. The molecule has 0 unspecified atom stereocenters. The molecule has 0 radical (unpaired) electrons. The molecule has 0 aliphatic rings. The molecule has 5 nitrogen and oxygen atoms in total. The van der Waals surface area contributed by atoms with Crippen molar-refractivity contribution in [3.63, 3.8) is 0 Å². The molecule has 0 N–H and O–H groups in total. The van der Waals surface area contributed by atoms with Gasteiger partial charge in [0.15, 0.2) is 0 Å². The number of rotatable bonds is 3. The first-order chi connectivity index (χ1) is 19.8. The average molecular weight is 512 g/mol. The molecular weight excluding hydrogens is 490 g/mol. The number of para-hydroxylation sites is 1. The quantitative estimate of drug-likeness (QED) is 0.223. The predicted molar refractivity (Wildman–Crippen MR) is 162 cm³/mol. The van der Waals surface area contributed by atoms with E-state index in [-0.39, 0.29) is 0 Å². The second kappa shape index (κ2) is 9.03. The molecule has 4 heterocycles. The van der Waals surface area contributed by atoms with Crippen molar-refractivity contribution in [1.29, 1.82) is 0 Å². The molecule has 4 aromatic heterocycles. The Morgan fingerprint density at radius 1 is 0.400 bits per heavy atom. The molecule has 186 valence electrons. The normalized spacial score (nSPS) is 11.5. The third-order valence-electron chi connectivity index (χ3n) is 7.53. The zero-order valence-electron chi connectivity index (χ0n) is 21.4. The predicted octanol–water partition coefficient (Wildman–Crippen LogP) is 8.28. The van der Waals surface area contributed by atoms with Gasteiger partial charge in [0.2, 0.25) is 0 Å². The molecule has 0 saturated heterocycles. The Morgan fingerprint density at radius 3 is 2.05 bits per heavy atom. The van der Waals surface area contributed by atoms with Crippen molar-refractivity contribution >= 4 is 43.6 Å². The first-order valence-corrected chi connectivity index (χ1v) is 13.2. The van der Waals surface area contributed by atoms with Crippen molar-refractivity contribution in [1.82, 2.24) is 25.1 Å². The fourth-order valence-electron chi connectivity index (χ4n) is 5.56. The Kier molecular flexibility index (Phi) is 5.07. The van der Waals surface area contributed by atoms with Crippen LogP contribution < -0.4 is 0 Å². The number of nitrogens with zero attached hydrogens (tertiary/aromatic N) is 5. The summed E-state index contributed by atoms with van der Waals surface area (Å²) in [6.07, 6.45) is 7.35. The van der Waals surface area contributed by atoms with Crippen LogP contribution in [0.5, 0.6) is 0 Å². The molecule has 0 fully saturated rings. The van der Waals surface area contributed by atoms with Gasteiger partial charge in [0, 0.05) is 51.3 Å². The molecule has 8 rings (SSSR count). The van der Waals surface area contributed by atoms with Crippen LogP contribution >= 0.6 is 0 Å². The summed E-state index contributed by atoms with van der Waals surface area (Å²) in [6.45, 7) is 0. The molecule has 0 atom stereocenters. The van der Waals surface area contributed by atoms with E-state index < -0.39 is 0 Å². The van der Waals surface area contributed by atoms with E-state index in [1.54, 1.807) is 6.20 Å². The van der Waals surface area contributed by atoms with Gasteiger partial charge < -0.3 is 0 Å². The lowest BCUT2D eigenvalue weighted by atomic mass is 9.90. The summed E-state index contributed by atoms with van der Waals surface area (Å²) in [6, 6.07) is 35.8. The molecule has 4 aromatic carbocycles. The van der Waals surface area contributed by atoms with Crippen LogP contribution in [0.15, 0.2) is 128 Å². The second-order valence-corrected chi connectivity index (χ2v) is 9.88. The Hall–Kier alpha value is -5.55. The second-order valence-electron chi connectivity index (χ2n) is 9.88. The van der Waals surface area contributed by atoms with Gasteiger partial charge in [-0.15, -0.1) is 0 Å². The summed E-state index contributed by atoms with van der Waals surface area (Å²) < 4.78 is 0. The SMILES string of the molecule is c1cnc2c(-c3cc(-c4ccc5ccnnc5c4)ccc3-c3cnc4c(ccc5cccnc54)c3)cccc2c1. The molecular formula is C35H21N5. The van der Waals surface area contributed by atoms with Gasteiger partial charge in [-0.3, -0.25) is 15.0 Å². The number of benzene rings is 4. The molecule has 8 aromatic rings. The van der Waals surface area contributed by atoms with Crippen LogP contribution in [0.1, 0.15) is 0 Å². The van der Waals surface area contributed by atoms with Crippen molar-refractivity contribution in [3.8, 4) is 33.4 Å². The summed E-state index contributed by atoms with van der Waals surface area (Å²) in [5.74, 6) is 0. The van der Waals surface area contributed by atoms with E-state index in [2.05, 4.69) is 100 Å². The molecule has 0 spiro atoms. The van der Waals surface area contributed by atoms with Gasteiger partial charge in [0.1, 0.15) is 0 Å². The standard InChI is InChI=1S/C35H21N5/c1-4-23-5-2-15-36-33(23)30(7-1)31-19-25(26-10-8-22-14-17-39-40-32(22)20-26)12-13-29(31)28-18-27-11-9-24-6-3-16-37-34(24)35(27)38-21-28/h1-21H. The van der Waals surface area contributed by atoms with E-state index in [1.165, 1.54) is 0 Å². The minimum atomic E-state index is 0.872. The number of aromatic nitrogens is 5. The molecule has 0 amide bonds. The highest BCUT2D eigenvalue weighted by Crippen LogP contribution is 2.39. The third kappa shape index (κ3) is 3.68. The van der Waals surface area contributed by atoms with E-state index in [0.717, 1.165) is 77.0 Å². The van der Waals surface area contributed by atoms with Crippen LogP contribution in [0.25, 0.3) is 77.0 Å². The van der Waals surface area contributed by atoms with E-state index in [4.69, 9.17) is 9.97 Å². The molecule has 0 saturated carbocycles. The van der Waals surface area contributed by atoms with Gasteiger partial charge in [0.05, 0.1) is 28.3 Å². The lowest BCUT2D eigenvalue weighted by Crippen LogP contribution is -1.92. The van der Waals surface area contributed by atoms with Crippen LogP contribution in [0.2, 0.25) is 0 Å². The molecule has 0 aliphatic carbocycles. The first kappa shape index (κ1) is 22.4. The number of fused-ring (bicyclic) bond motifs is 5.